The van der Waals surface area contributed by atoms with E-state index in [4.69, 9.17) is 15.4 Å². The maximum atomic E-state index is 10.6. The van der Waals surface area contributed by atoms with Crippen LogP contribution in [0.2, 0.25) is 0 Å². The quantitative estimate of drug-likeness (QED) is 0.398. The highest BCUT2D eigenvalue weighted by Crippen LogP contribution is 1.99. The van der Waals surface area contributed by atoms with Gasteiger partial charge in [-0.25, -0.2) is 0 Å². The third-order valence-electron chi connectivity index (χ3n) is 1.59. The van der Waals surface area contributed by atoms with Crippen LogP contribution >= 0.6 is 0 Å². The van der Waals surface area contributed by atoms with Gasteiger partial charge in [0.15, 0.2) is 0 Å². The molecule has 5 N–H and O–H groups in total. The Morgan fingerprint density at radius 3 is 2.20 bits per heavy atom. The Labute approximate surface area is 86.2 Å². The zero-order valence-corrected chi connectivity index (χ0v) is 8.69. The Kier molecular flexibility index (Phi) is 4.65. The molecule has 88 valence electrons. The lowest BCUT2D eigenvalue weighted by Gasteiger charge is -2.16. The number of hydrogen-bond acceptors (Lipinski definition) is 5. The molecule has 2 atom stereocenters. The van der Waals surface area contributed by atoms with E-state index in [0.29, 0.717) is 0 Å². The summed E-state index contributed by atoms with van der Waals surface area (Å²) in [7, 11) is -4.39. The molecule has 15 heavy (non-hydrogen) atoms. The molecule has 8 nitrogen and oxygen atoms in total. The van der Waals surface area contributed by atoms with Crippen LogP contribution in [0.25, 0.3) is 0 Å². The van der Waals surface area contributed by atoms with Gasteiger partial charge in [-0.1, -0.05) is 0 Å². The molecule has 0 aromatic carbocycles. The van der Waals surface area contributed by atoms with Crippen LogP contribution in [0.15, 0.2) is 0 Å². The molecular formula is C6H12N2O6S. The van der Waals surface area contributed by atoms with Gasteiger partial charge < -0.3 is 10.8 Å². The molecule has 0 rings (SSSR count). The molecule has 0 radical (unpaired) electrons. The molecule has 0 aromatic heterocycles. The van der Waals surface area contributed by atoms with Crippen molar-refractivity contribution in [3.63, 3.8) is 0 Å². The second-order valence-electron chi connectivity index (χ2n) is 2.89. The number of primary amides is 1. The van der Waals surface area contributed by atoms with Gasteiger partial charge in [-0.2, -0.15) is 8.42 Å². The monoisotopic (exact) mass is 240 g/mol. The molecule has 0 bridgehead atoms. The molecule has 0 saturated heterocycles. The largest absolute Gasteiger partial charge is 0.480 e. The van der Waals surface area contributed by atoms with E-state index in [-0.39, 0.29) is 0 Å². The minimum Gasteiger partial charge on any atom is -0.480 e. The zero-order valence-electron chi connectivity index (χ0n) is 7.87. The summed E-state index contributed by atoms with van der Waals surface area (Å²) in [6.45, 7) is 1.05. The van der Waals surface area contributed by atoms with E-state index >= 15 is 0 Å². The molecule has 1 amide bonds. The summed E-state index contributed by atoms with van der Waals surface area (Å²) >= 11 is 0. The molecule has 0 aliphatic carbocycles. The fourth-order valence-corrected chi connectivity index (χ4v) is 1.12. The summed E-state index contributed by atoms with van der Waals surface area (Å²) in [4.78, 5) is 21.0. The standard InChI is InChI=1S/C6H12N2O6S/c1-3(15(12,13)14)8-4(6(10)11)2-5(7)9/h3-4,8H,2H2,1H3,(H2,7,9)(H,10,11)(H,12,13,14)/t3?,4-/m0/s1. The third-order valence-corrected chi connectivity index (χ3v) is 2.62. The lowest BCUT2D eigenvalue weighted by Crippen LogP contribution is -2.47. The number of aliphatic carboxylic acids is 1. The van der Waals surface area contributed by atoms with Crippen molar-refractivity contribution in [2.45, 2.75) is 24.8 Å². The van der Waals surface area contributed by atoms with Crippen LogP contribution in [-0.4, -0.2) is 41.4 Å². The van der Waals surface area contributed by atoms with Crippen LogP contribution in [-0.2, 0) is 19.7 Å². The summed E-state index contributed by atoms with van der Waals surface area (Å²) in [5.41, 5.74) is 4.76. The van der Waals surface area contributed by atoms with Crippen molar-refractivity contribution in [2.75, 3.05) is 0 Å². The predicted octanol–water partition coefficient (Wildman–Crippen LogP) is -1.86. The van der Waals surface area contributed by atoms with Crippen molar-refractivity contribution in [1.82, 2.24) is 5.32 Å². The molecular weight excluding hydrogens is 228 g/mol. The van der Waals surface area contributed by atoms with Crippen molar-refractivity contribution >= 4 is 22.0 Å². The van der Waals surface area contributed by atoms with Crippen LogP contribution < -0.4 is 11.1 Å². The second kappa shape index (κ2) is 5.05. The Morgan fingerprint density at radius 1 is 1.47 bits per heavy atom. The first-order valence-electron chi connectivity index (χ1n) is 3.88. The van der Waals surface area contributed by atoms with Crippen LogP contribution in [0.1, 0.15) is 13.3 Å². The molecule has 1 unspecified atom stereocenters. The van der Waals surface area contributed by atoms with Gasteiger partial charge >= 0.3 is 5.97 Å². The van der Waals surface area contributed by atoms with E-state index in [0.717, 1.165) is 6.92 Å². The summed E-state index contributed by atoms with van der Waals surface area (Å²) in [6, 6.07) is -1.44. The fraction of sp³-hybridized carbons (Fsp3) is 0.667. The Morgan fingerprint density at radius 2 is 1.93 bits per heavy atom. The first-order chi connectivity index (χ1) is 6.64. The predicted molar refractivity (Wildman–Crippen MR) is 49.4 cm³/mol. The first-order valence-corrected chi connectivity index (χ1v) is 5.38. The molecule has 0 saturated carbocycles. The fourth-order valence-electron chi connectivity index (χ4n) is 0.788. The summed E-state index contributed by atoms with van der Waals surface area (Å²) in [6.07, 6.45) is -0.560. The summed E-state index contributed by atoms with van der Waals surface area (Å²) in [5, 5.41) is 9.15. The van der Waals surface area contributed by atoms with Gasteiger partial charge in [-0.05, 0) is 6.92 Å². The van der Waals surface area contributed by atoms with Gasteiger partial charge in [-0.15, -0.1) is 0 Å². The van der Waals surface area contributed by atoms with Crippen molar-refractivity contribution in [3.8, 4) is 0 Å². The molecule has 0 aliphatic rings. The van der Waals surface area contributed by atoms with E-state index in [1.807, 2.05) is 5.32 Å². The second-order valence-corrected chi connectivity index (χ2v) is 4.62. The average Bonchev–Trinajstić information content (AvgIpc) is 1.99. The number of carboxylic acids is 1. The summed E-state index contributed by atoms with van der Waals surface area (Å²) in [5.74, 6) is -2.32. The van der Waals surface area contributed by atoms with Gasteiger partial charge in [0, 0.05) is 0 Å². The number of carboxylic acid groups (broad SMARTS) is 1. The number of amides is 1. The SMILES string of the molecule is CC(N[C@@H](CC(N)=O)C(=O)O)S(=O)(=O)O. The maximum absolute atomic E-state index is 10.6. The van der Waals surface area contributed by atoms with Crippen LogP contribution in [0.4, 0.5) is 0 Å². The maximum Gasteiger partial charge on any atom is 0.321 e. The number of hydrogen-bond donors (Lipinski definition) is 4. The average molecular weight is 240 g/mol. The van der Waals surface area contributed by atoms with Crippen molar-refractivity contribution < 1.29 is 27.7 Å². The van der Waals surface area contributed by atoms with Gasteiger partial charge in [0.1, 0.15) is 11.4 Å². The van der Waals surface area contributed by atoms with Crippen molar-refractivity contribution in [3.05, 3.63) is 0 Å². The van der Waals surface area contributed by atoms with Gasteiger partial charge in [0.2, 0.25) is 5.91 Å². The number of carbonyl (C=O) groups is 2. The zero-order chi connectivity index (χ0) is 12.2. The van der Waals surface area contributed by atoms with Crippen molar-refractivity contribution in [1.29, 1.82) is 0 Å². The Hall–Kier alpha value is -1.19. The normalized spacial score (nSPS) is 15.6. The van der Waals surface area contributed by atoms with Crippen LogP contribution in [0.5, 0.6) is 0 Å². The molecule has 0 fully saturated rings. The van der Waals surface area contributed by atoms with Gasteiger partial charge in [0.25, 0.3) is 10.1 Å². The Bertz CT molecular complexity index is 351. The lowest BCUT2D eigenvalue weighted by atomic mass is 10.2. The highest BCUT2D eigenvalue weighted by atomic mass is 32.2. The first kappa shape index (κ1) is 13.8. The minimum absolute atomic E-state index is 0.560. The van der Waals surface area contributed by atoms with E-state index < -0.39 is 39.8 Å². The highest BCUT2D eigenvalue weighted by Gasteiger charge is 2.26. The smallest absolute Gasteiger partial charge is 0.321 e. The molecule has 0 aromatic rings. The third kappa shape index (κ3) is 5.30. The molecule has 9 heteroatoms. The van der Waals surface area contributed by atoms with Crippen LogP contribution in [0, 0.1) is 0 Å². The van der Waals surface area contributed by atoms with Gasteiger partial charge in [-0.3, -0.25) is 19.5 Å². The summed E-state index contributed by atoms with van der Waals surface area (Å²) < 4.78 is 29.7. The topological polar surface area (TPSA) is 147 Å². The number of nitrogens with one attached hydrogen (secondary N) is 1. The minimum atomic E-state index is -4.39. The molecule has 0 spiro atoms. The number of carbonyl (C=O) groups excluding carboxylic acids is 1. The highest BCUT2D eigenvalue weighted by molar-refractivity contribution is 7.86. The van der Waals surface area contributed by atoms with E-state index in [1.54, 1.807) is 0 Å². The Balaban J connectivity index is 4.56. The number of nitrogens with two attached hydrogens (primary N) is 1. The molecule has 0 heterocycles. The van der Waals surface area contributed by atoms with Crippen molar-refractivity contribution in [2.24, 2.45) is 5.73 Å². The van der Waals surface area contributed by atoms with E-state index in [2.05, 4.69) is 0 Å². The number of rotatable bonds is 6. The lowest BCUT2D eigenvalue weighted by molar-refractivity contribution is -0.141. The molecule has 0 aliphatic heterocycles. The van der Waals surface area contributed by atoms with E-state index in [9.17, 15) is 18.0 Å². The van der Waals surface area contributed by atoms with Crippen LogP contribution in [0.3, 0.4) is 0 Å². The van der Waals surface area contributed by atoms with E-state index in [1.165, 1.54) is 0 Å². The van der Waals surface area contributed by atoms with Gasteiger partial charge in [0.05, 0.1) is 6.42 Å².